The van der Waals surface area contributed by atoms with Crippen LogP contribution in [0.25, 0.3) is 5.57 Å². The van der Waals surface area contributed by atoms with Crippen molar-refractivity contribution in [3.8, 4) is 0 Å². The summed E-state index contributed by atoms with van der Waals surface area (Å²) in [7, 11) is 0. The Morgan fingerprint density at radius 3 is 2.07 bits per heavy atom. The molecule has 27 heavy (non-hydrogen) atoms. The van der Waals surface area contributed by atoms with Crippen LogP contribution in [0.15, 0.2) is 78.6 Å². The maximum Gasteiger partial charge on any atom is 0.295 e. The van der Waals surface area contributed by atoms with Crippen molar-refractivity contribution in [1.29, 1.82) is 0 Å². The number of hydrogen-bond donors (Lipinski definition) is 0. The summed E-state index contributed by atoms with van der Waals surface area (Å²) in [5.41, 5.74) is 2.86. The maximum absolute atomic E-state index is 15.7. The molecular weight excluding hydrogens is 343 g/mol. The zero-order chi connectivity index (χ0) is 18.6. The fourth-order valence-corrected chi connectivity index (χ4v) is 4.24. The molecule has 138 valence electrons. The van der Waals surface area contributed by atoms with E-state index in [2.05, 4.69) is 0 Å². The number of alkyl halides is 1. The summed E-state index contributed by atoms with van der Waals surface area (Å²) < 4.78 is 33.6. The number of hydrogen-bond acceptors (Lipinski definition) is 3. The van der Waals surface area contributed by atoms with Gasteiger partial charge in [-0.05, 0) is 31.1 Å². The third kappa shape index (κ3) is 2.63. The summed E-state index contributed by atoms with van der Waals surface area (Å²) in [5.74, 6) is -2.48. The lowest BCUT2D eigenvalue weighted by molar-refractivity contribution is -0.209. The van der Waals surface area contributed by atoms with E-state index in [1.807, 2.05) is 80.6 Å². The third-order valence-electron chi connectivity index (χ3n) is 5.34. The lowest BCUT2D eigenvalue weighted by Crippen LogP contribution is -2.56. The van der Waals surface area contributed by atoms with Gasteiger partial charge in [0, 0.05) is 5.57 Å². The molecule has 0 radical (unpaired) electrons. The Kier molecular flexibility index (Phi) is 3.58. The van der Waals surface area contributed by atoms with E-state index in [0.717, 1.165) is 16.7 Å². The molecular formula is C23H21FO3. The Morgan fingerprint density at radius 2 is 1.48 bits per heavy atom. The fraction of sp³-hybridized carbons (Fsp3) is 0.304. The zero-order valence-corrected chi connectivity index (χ0v) is 15.3. The minimum absolute atomic E-state index is 0.204. The predicted octanol–water partition coefficient (Wildman–Crippen LogP) is 4.85. The van der Waals surface area contributed by atoms with Crippen molar-refractivity contribution in [2.75, 3.05) is 0 Å². The van der Waals surface area contributed by atoms with Crippen LogP contribution in [0.3, 0.4) is 0 Å². The molecule has 2 saturated heterocycles. The highest BCUT2D eigenvalue weighted by Crippen LogP contribution is 2.53. The first-order chi connectivity index (χ1) is 13.0. The standard InChI is InChI=1S/C23H21FO3/c1-22(2)25-20-17-13-14-23(24,21(20)27-22)26-19(17)18(15-9-5-3-6-10-15)16-11-7-4-8-12-16/h3-14,17,20-21H,1-2H3/t17-,20-,21-,23-/m0/s1. The number of halogens is 1. The van der Waals surface area contributed by atoms with Crippen molar-refractivity contribution in [3.63, 3.8) is 0 Å². The van der Waals surface area contributed by atoms with Crippen LogP contribution in [0.1, 0.15) is 25.0 Å². The summed E-state index contributed by atoms with van der Waals surface area (Å²) in [6, 6.07) is 19.9. The van der Waals surface area contributed by atoms with E-state index in [4.69, 9.17) is 14.2 Å². The normalized spacial score (nSPS) is 32.9. The van der Waals surface area contributed by atoms with Crippen LogP contribution in [0, 0.1) is 5.92 Å². The van der Waals surface area contributed by atoms with Crippen LogP contribution in [-0.2, 0) is 14.2 Å². The van der Waals surface area contributed by atoms with Gasteiger partial charge in [-0.25, -0.2) is 0 Å². The molecule has 1 aliphatic carbocycles. The summed E-state index contributed by atoms with van der Waals surface area (Å²) in [4.78, 5) is 0. The van der Waals surface area contributed by atoms with Crippen LogP contribution < -0.4 is 0 Å². The summed E-state index contributed by atoms with van der Waals surface area (Å²) in [6.07, 6.45) is 2.15. The molecule has 3 aliphatic heterocycles. The monoisotopic (exact) mass is 364 g/mol. The average Bonchev–Trinajstić information content (AvgIpc) is 3.01. The van der Waals surface area contributed by atoms with Gasteiger partial charge in [0.2, 0.25) is 0 Å². The van der Waals surface area contributed by atoms with Crippen molar-refractivity contribution < 1.29 is 18.6 Å². The van der Waals surface area contributed by atoms with E-state index in [9.17, 15) is 0 Å². The van der Waals surface area contributed by atoms with Crippen molar-refractivity contribution in [3.05, 3.63) is 89.7 Å². The van der Waals surface area contributed by atoms with Crippen LogP contribution in [0.2, 0.25) is 0 Å². The summed E-state index contributed by atoms with van der Waals surface area (Å²) in [5, 5.41) is 0. The number of rotatable bonds is 2. The van der Waals surface area contributed by atoms with Crippen molar-refractivity contribution in [2.45, 2.75) is 37.7 Å². The molecule has 0 N–H and O–H groups in total. The van der Waals surface area contributed by atoms with Crippen LogP contribution >= 0.6 is 0 Å². The second kappa shape index (κ2) is 5.78. The summed E-state index contributed by atoms with van der Waals surface area (Å²) in [6.45, 7) is 3.62. The van der Waals surface area contributed by atoms with E-state index >= 15 is 4.39 Å². The first-order valence-electron chi connectivity index (χ1n) is 9.25. The lowest BCUT2D eigenvalue weighted by atomic mass is 9.79. The molecule has 0 saturated carbocycles. The topological polar surface area (TPSA) is 27.7 Å². The van der Waals surface area contributed by atoms with Gasteiger partial charge in [0.25, 0.3) is 5.85 Å². The van der Waals surface area contributed by atoms with E-state index in [0.29, 0.717) is 5.76 Å². The van der Waals surface area contributed by atoms with Gasteiger partial charge in [-0.2, -0.15) is 4.39 Å². The molecule has 4 heteroatoms. The molecule has 4 atom stereocenters. The highest BCUT2D eigenvalue weighted by atomic mass is 19.2. The van der Waals surface area contributed by atoms with Gasteiger partial charge in [-0.15, -0.1) is 0 Å². The van der Waals surface area contributed by atoms with Gasteiger partial charge in [0.15, 0.2) is 11.9 Å². The van der Waals surface area contributed by atoms with Gasteiger partial charge >= 0.3 is 0 Å². The van der Waals surface area contributed by atoms with Crippen molar-refractivity contribution >= 4 is 5.57 Å². The Hall–Kier alpha value is -2.43. The minimum atomic E-state index is -2.03. The molecule has 2 aromatic carbocycles. The molecule has 2 fully saturated rings. The average molecular weight is 364 g/mol. The molecule has 0 amide bonds. The Labute approximate surface area is 158 Å². The molecule has 0 spiro atoms. The Bertz CT molecular complexity index is 878. The first-order valence-corrected chi connectivity index (χ1v) is 9.25. The number of benzene rings is 2. The van der Waals surface area contributed by atoms with Gasteiger partial charge < -0.3 is 14.2 Å². The Morgan fingerprint density at radius 1 is 0.889 bits per heavy atom. The maximum atomic E-state index is 15.7. The third-order valence-corrected chi connectivity index (χ3v) is 5.34. The SMILES string of the molecule is CC1(C)O[C@H]2[C@H]3C=C[C@](F)(OC3=C(c3ccccc3)c3ccccc3)[C@H]2O1. The molecule has 2 bridgehead atoms. The largest absolute Gasteiger partial charge is 0.455 e. The molecule has 4 aliphatic rings. The van der Waals surface area contributed by atoms with Gasteiger partial charge in [0.05, 0.1) is 5.92 Å². The van der Waals surface area contributed by atoms with Gasteiger partial charge in [-0.1, -0.05) is 66.7 Å². The van der Waals surface area contributed by atoms with Crippen LogP contribution in [0.4, 0.5) is 4.39 Å². The quantitative estimate of drug-likeness (QED) is 0.713. The Balaban J connectivity index is 1.71. The highest BCUT2D eigenvalue weighted by molar-refractivity contribution is 5.82. The second-order valence-corrected chi connectivity index (χ2v) is 7.68. The highest BCUT2D eigenvalue weighted by Gasteiger charge is 2.63. The van der Waals surface area contributed by atoms with Crippen LogP contribution in [0.5, 0.6) is 0 Å². The van der Waals surface area contributed by atoms with E-state index in [1.165, 1.54) is 6.08 Å². The van der Waals surface area contributed by atoms with Crippen LogP contribution in [-0.4, -0.2) is 23.8 Å². The van der Waals surface area contributed by atoms with Gasteiger partial charge in [0.1, 0.15) is 11.9 Å². The molecule has 0 aromatic heterocycles. The number of ether oxygens (including phenoxy) is 3. The van der Waals surface area contributed by atoms with Gasteiger partial charge in [-0.3, -0.25) is 0 Å². The van der Waals surface area contributed by atoms with Crippen molar-refractivity contribution in [2.24, 2.45) is 5.92 Å². The molecule has 2 aromatic rings. The second-order valence-electron chi connectivity index (χ2n) is 7.68. The smallest absolute Gasteiger partial charge is 0.295 e. The predicted molar refractivity (Wildman–Crippen MR) is 100 cm³/mol. The van der Waals surface area contributed by atoms with Crippen molar-refractivity contribution in [1.82, 2.24) is 0 Å². The minimum Gasteiger partial charge on any atom is -0.455 e. The molecule has 6 rings (SSSR count). The van der Waals surface area contributed by atoms with E-state index in [1.54, 1.807) is 0 Å². The lowest BCUT2D eigenvalue weighted by Gasteiger charge is -2.45. The fourth-order valence-electron chi connectivity index (χ4n) is 4.24. The first kappa shape index (κ1) is 16.7. The summed E-state index contributed by atoms with van der Waals surface area (Å²) >= 11 is 0. The number of fused-ring (bicyclic) bond motifs is 1. The zero-order valence-electron chi connectivity index (χ0n) is 15.3. The van der Waals surface area contributed by atoms with E-state index in [-0.39, 0.29) is 5.92 Å². The van der Waals surface area contributed by atoms with E-state index < -0.39 is 23.8 Å². The molecule has 3 heterocycles. The molecule has 3 nitrogen and oxygen atoms in total. The molecule has 0 unspecified atom stereocenters.